The predicted molar refractivity (Wildman–Crippen MR) is 63.0 cm³/mol. The van der Waals surface area contributed by atoms with Gasteiger partial charge in [-0.15, -0.1) is 0 Å². The van der Waals surface area contributed by atoms with Gasteiger partial charge in [-0.3, -0.25) is 0 Å². The lowest BCUT2D eigenvalue weighted by Gasteiger charge is -2.37. The highest BCUT2D eigenvalue weighted by molar-refractivity contribution is 4.81. The van der Waals surface area contributed by atoms with E-state index >= 15 is 0 Å². The van der Waals surface area contributed by atoms with Crippen molar-refractivity contribution in [2.24, 2.45) is 11.8 Å². The summed E-state index contributed by atoms with van der Waals surface area (Å²) in [7, 11) is 0. The third-order valence-electron chi connectivity index (χ3n) is 3.92. The number of hydrogen-bond acceptors (Lipinski definition) is 2. The first-order valence-electron chi connectivity index (χ1n) is 6.50. The van der Waals surface area contributed by atoms with Crippen LogP contribution in [0.3, 0.4) is 0 Å². The Labute approximate surface area is 93.8 Å². The Kier molecular flexibility index (Phi) is 3.68. The topological polar surface area (TPSA) is 21.3 Å². The molecule has 15 heavy (non-hydrogen) atoms. The molecule has 2 heterocycles. The number of rotatable bonds is 2. The molecule has 1 unspecified atom stereocenters. The molecule has 1 atom stereocenters. The van der Waals surface area contributed by atoms with E-state index in [-0.39, 0.29) is 5.60 Å². The zero-order valence-corrected chi connectivity index (χ0v) is 10.2. The first kappa shape index (κ1) is 11.4. The summed E-state index contributed by atoms with van der Waals surface area (Å²) in [4.78, 5) is 0. The van der Waals surface area contributed by atoms with Crippen LogP contribution < -0.4 is 5.32 Å². The average Bonchev–Trinajstić information content (AvgIpc) is 2.17. The minimum Gasteiger partial charge on any atom is -0.376 e. The van der Waals surface area contributed by atoms with Gasteiger partial charge in [0.1, 0.15) is 0 Å². The van der Waals surface area contributed by atoms with Gasteiger partial charge in [0.2, 0.25) is 0 Å². The molecule has 0 saturated carbocycles. The second-order valence-corrected chi connectivity index (χ2v) is 5.90. The molecule has 2 saturated heterocycles. The molecule has 0 aromatic heterocycles. The third-order valence-corrected chi connectivity index (χ3v) is 3.92. The lowest BCUT2D eigenvalue weighted by molar-refractivity contribution is -0.0762. The molecule has 0 aromatic carbocycles. The van der Waals surface area contributed by atoms with Crippen molar-refractivity contribution in [3.63, 3.8) is 0 Å². The molecule has 2 nitrogen and oxygen atoms in total. The van der Waals surface area contributed by atoms with Crippen molar-refractivity contribution in [1.82, 2.24) is 5.32 Å². The van der Waals surface area contributed by atoms with Gasteiger partial charge in [0.05, 0.1) is 5.60 Å². The molecule has 0 aromatic rings. The maximum atomic E-state index is 5.77. The highest BCUT2D eigenvalue weighted by Crippen LogP contribution is 2.34. The van der Waals surface area contributed by atoms with Crippen LogP contribution in [0.25, 0.3) is 0 Å². The minimum atomic E-state index is 0.135. The van der Waals surface area contributed by atoms with Crippen molar-refractivity contribution in [1.29, 1.82) is 0 Å². The van der Waals surface area contributed by atoms with Gasteiger partial charge in [0.25, 0.3) is 0 Å². The van der Waals surface area contributed by atoms with Crippen molar-refractivity contribution in [3.8, 4) is 0 Å². The van der Waals surface area contributed by atoms with Crippen LogP contribution in [-0.4, -0.2) is 25.3 Å². The van der Waals surface area contributed by atoms with Gasteiger partial charge in [0, 0.05) is 6.61 Å². The fourth-order valence-corrected chi connectivity index (χ4v) is 3.15. The fourth-order valence-electron chi connectivity index (χ4n) is 3.15. The van der Waals surface area contributed by atoms with Crippen molar-refractivity contribution in [3.05, 3.63) is 0 Å². The van der Waals surface area contributed by atoms with Gasteiger partial charge < -0.3 is 10.1 Å². The molecule has 2 heteroatoms. The molecule has 2 fully saturated rings. The van der Waals surface area contributed by atoms with E-state index in [2.05, 4.69) is 19.2 Å². The normalized spacial score (nSPS) is 32.8. The highest BCUT2D eigenvalue weighted by Gasteiger charge is 2.30. The molecule has 0 radical (unpaired) electrons. The molecule has 2 aliphatic rings. The number of nitrogens with one attached hydrogen (secondary N) is 1. The van der Waals surface area contributed by atoms with Crippen LogP contribution in [0.5, 0.6) is 0 Å². The molecule has 0 amide bonds. The van der Waals surface area contributed by atoms with E-state index < -0.39 is 0 Å². The molecule has 88 valence electrons. The van der Waals surface area contributed by atoms with Gasteiger partial charge in [-0.1, -0.05) is 0 Å². The summed E-state index contributed by atoms with van der Waals surface area (Å²) < 4.78 is 5.77. The second-order valence-electron chi connectivity index (χ2n) is 5.90. The minimum absolute atomic E-state index is 0.135. The summed E-state index contributed by atoms with van der Waals surface area (Å²) in [5.74, 6) is 1.89. The quantitative estimate of drug-likeness (QED) is 0.758. The standard InChI is InChI=1S/C13H25NO/c1-13(2)10-12(5-8-15-13)9-11-3-6-14-7-4-11/h11-12,14H,3-10H2,1-2H3. The predicted octanol–water partition coefficient (Wildman–Crippen LogP) is 2.58. The van der Waals surface area contributed by atoms with Crippen LogP contribution in [0.15, 0.2) is 0 Å². The van der Waals surface area contributed by atoms with Crippen LogP contribution in [0, 0.1) is 11.8 Å². The summed E-state index contributed by atoms with van der Waals surface area (Å²) in [6.45, 7) is 7.92. The van der Waals surface area contributed by atoms with Crippen molar-refractivity contribution in [2.75, 3.05) is 19.7 Å². The van der Waals surface area contributed by atoms with E-state index in [1.165, 1.54) is 45.2 Å². The molecule has 2 aliphatic heterocycles. The van der Waals surface area contributed by atoms with Crippen molar-refractivity contribution in [2.45, 2.75) is 51.6 Å². The van der Waals surface area contributed by atoms with E-state index in [9.17, 15) is 0 Å². The van der Waals surface area contributed by atoms with Crippen LogP contribution in [0.1, 0.15) is 46.0 Å². The molecule has 1 N–H and O–H groups in total. The van der Waals surface area contributed by atoms with E-state index in [1.807, 2.05) is 0 Å². The zero-order valence-electron chi connectivity index (χ0n) is 10.2. The first-order chi connectivity index (χ1) is 7.16. The van der Waals surface area contributed by atoms with E-state index in [4.69, 9.17) is 4.74 Å². The molecule has 0 aliphatic carbocycles. The lowest BCUT2D eigenvalue weighted by atomic mass is 9.80. The highest BCUT2D eigenvalue weighted by atomic mass is 16.5. The first-order valence-corrected chi connectivity index (χ1v) is 6.50. The molecular formula is C13H25NO. The maximum Gasteiger partial charge on any atom is 0.0629 e. The summed E-state index contributed by atoms with van der Waals surface area (Å²) >= 11 is 0. The average molecular weight is 211 g/mol. The second kappa shape index (κ2) is 4.84. The molecule has 0 bridgehead atoms. The third kappa shape index (κ3) is 3.46. The van der Waals surface area contributed by atoms with Crippen LogP contribution >= 0.6 is 0 Å². The number of piperidine rings is 1. The fraction of sp³-hybridized carbons (Fsp3) is 1.00. The monoisotopic (exact) mass is 211 g/mol. The number of ether oxygens (including phenoxy) is 1. The van der Waals surface area contributed by atoms with E-state index in [0.29, 0.717) is 0 Å². The summed E-state index contributed by atoms with van der Waals surface area (Å²) in [5, 5.41) is 3.44. The van der Waals surface area contributed by atoms with Crippen LogP contribution in [0.4, 0.5) is 0 Å². The summed E-state index contributed by atoms with van der Waals surface area (Å²) in [5.41, 5.74) is 0.135. The Balaban J connectivity index is 1.78. The summed E-state index contributed by atoms with van der Waals surface area (Å²) in [6, 6.07) is 0. The Morgan fingerprint density at radius 1 is 1.13 bits per heavy atom. The van der Waals surface area contributed by atoms with Crippen LogP contribution in [0.2, 0.25) is 0 Å². The smallest absolute Gasteiger partial charge is 0.0629 e. The molecule has 2 rings (SSSR count). The van der Waals surface area contributed by atoms with Crippen LogP contribution in [-0.2, 0) is 4.74 Å². The van der Waals surface area contributed by atoms with Crippen molar-refractivity contribution < 1.29 is 4.74 Å². The molecular weight excluding hydrogens is 186 g/mol. The van der Waals surface area contributed by atoms with Gasteiger partial charge >= 0.3 is 0 Å². The van der Waals surface area contributed by atoms with Crippen molar-refractivity contribution >= 4 is 0 Å². The Morgan fingerprint density at radius 2 is 1.87 bits per heavy atom. The van der Waals surface area contributed by atoms with Gasteiger partial charge in [-0.2, -0.15) is 0 Å². The van der Waals surface area contributed by atoms with E-state index in [0.717, 1.165) is 18.4 Å². The Hall–Kier alpha value is -0.0800. The summed E-state index contributed by atoms with van der Waals surface area (Å²) in [6.07, 6.45) is 6.76. The SMILES string of the molecule is CC1(C)CC(CC2CCNCC2)CCO1. The zero-order chi connectivity index (χ0) is 10.7. The van der Waals surface area contributed by atoms with Gasteiger partial charge in [-0.25, -0.2) is 0 Å². The maximum absolute atomic E-state index is 5.77. The largest absolute Gasteiger partial charge is 0.376 e. The van der Waals surface area contributed by atoms with Gasteiger partial charge in [-0.05, 0) is 70.9 Å². The van der Waals surface area contributed by atoms with Gasteiger partial charge in [0.15, 0.2) is 0 Å². The Morgan fingerprint density at radius 3 is 2.53 bits per heavy atom. The van der Waals surface area contributed by atoms with E-state index in [1.54, 1.807) is 0 Å². The Bertz CT molecular complexity index is 197. The molecule has 0 spiro atoms. The number of hydrogen-bond donors (Lipinski definition) is 1. The lowest BCUT2D eigenvalue weighted by Crippen LogP contribution is -2.36.